The van der Waals surface area contributed by atoms with Gasteiger partial charge in [0.15, 0.2) is 11.5 Å². The first-order chi connectivity index (χ1) is 7.27. The highest BCUT2D eigenvalue weighted by Crippen LogP contribution is 2.43. The molecule has 0 radical (unpaired) electrons. The predicted octanol–water partition coefficient (Wildman–Crippen LogP) is 1.49. The minimum atomic E-state index is 0.0122. The van der Waals surface area contributed by atoms with Crippen molar-refractivity contribution in [3.8, 4) is 11.5 Å². The molecule has 0 saturated carbocycles. The van der Waals surface area contributed by atoms with Gasteiger partial charge in [-0.25, -0.2) is 0 Å². The Morgan fingerprint density at radius 1 is 1.20 bits per heavy atom. The fraction of sp³-hybridized carbons (Fsp3) is 0.500. The molecule has 2 unspecified atom stereocenters. The van der Waals surface area contributed by atoms with Crippen LogP contribution in [0, 0.1) is 0 Å². The topological polar surface area (TPSA) is 52.5 Å². The summed E-state index contributed by atoms with van der Waals surface area (Å²) in [5.41, 5.74) is 2.19. The van der Waals surface area contributed by atoms with Crippen LogP contribution in [-0.2, 0) is 6.42 Å². The van der Waals surface area contributed by atoms with Gasteiger partial charge in [0.25, 0.3) is 0 Å². The Kier molecular flexibility index (Phi) is 1.89. The van der Waals surface area contributed by atoms with Gasteiger partial charge in [-0.05, 0) is 37.4 Å². The summed E-state index contributed by atoms with van der Waals surface area (Å²) in [6.07, 6.45) is 3.07. The first-order valence-corrected chi connectivity index (χ1v) is 5.54. The van der Waals surface area contributed by atoms with Crippen LogP contribution in [0.4, 0.5) is 0 Å². The molecule has 1 aliphatic heterocycles. The quantitative estimate of drug-likeness (QED) is 0.562. The van der Waals surface area contributed by atoms with E-state index in [1.54, 1.807) is 6.07 Å². The van der Waals surface area contributed by atoms with Crippen LogP contribution in [0.1, 0.15) is 29.9 Å². The predicted molar refractivity (Wildman–Crippen MR) is 57.2 cm³/mol. The number of rotatable bonds is 0. The zero-order valence-corrected chi connectivity index (χ0v) is 8.53. The van der Waals surface area contributed by atoms with E-state index in [2.05, 4.69) is 5.32 Å². The third-order valence-corrected chi connectivity index (χ3v) is 3.75. The summed E-state index contributed by atoms with van der Waals surface area (Å²) in [5, 5.41) is 22.7. The number of benzene rings is 1. The fourth-order valence-electron chi connectivity index (χ4n) is 2.99. The standard InChI is InChI=1S/C12H15NO2/c14-11-4-2-7-8-5-6-13-10(8)3-1-9(7)12(11)15/h2,4,8,10,13-15H,1,3,5-6H2. The van der Waals surface area contributed by atoms with E-state index in [1.165, 1.54) is 5.56 Å². The molecule has 15 heavy (non-hydrogen) atoms. The number of hydrogen-bond donors (Lipinski definition) is 3. The molecule has 1 aliphatic carbocycles. The average molecular weight is 205 g/mol. The fourth-order valence-corrected chi connectivity index (χ4v) is 2.99. The molecular formula is C12H15NO2. The smallest absolute Gasteiger partial charge is 0.160 e. The number of aromatic hydroxyl groups is 2. The summed E-state index contributed by atoms with van der Waals surface area (Å²) in [6.45, 7) is 1.07. The van der Waals surface area contributed by atoms with Crippen molar-refractivity contribution >= 4 is 0 Å². The zero-order valence-electron chi connectivity index (χ0n) is 8.53. The molecule has 0 spiro atoms. The molecule has 80 valence electrons. The highest BCUT2D eigenvalue weighted by Gasteiger charge is 2.34. The van der Waals surface area contributed by atoms with Crippen molar-refractivity contribution < 1.29 is 10.2 Å². The Balaban J connectivity index is 2.11. The van der Waals surface area contributed by atoms with Crippen LogP contribution in [0.25, 0.3) is 0 Å². The lowest BCUT2D eigenvalue weighted by molar-refractivity contribution is 0.388. The van der Waals surface area contributed by atoms with Crippen LogP contribution in [0.15, 0.2) is 12.1 Å². The molecule has 1 aromatic carbocycles. The Labute approximate surface area is 88.7 Å². The van der Waals surface area contributed by atoms with Crippen LogP contribution in [0.3, 0.4) is 0 Å². The van der Waals surface area contributed by atoms with Crippen molar-refractivity contribution in [1.82, 2.24) is 5.32 Å². The van der Waals surface area contributed by atoms with Gasteiger partial charge < -0.3 is 15.5 Å². The van der Waals surface area contributed by atoms with Gasteiger partial charge in [0.2, 0.25) is 0 Å². The Hall–Kier alpha value is -1.22. The van der Waals surface area contributed by atoms with Crippen LogP contribution in [0.5, 0.6) is 11.5 Å². The number of phenols is 2. The molecule has 2 atom stereocenters. The molecule has 1 fully saturated rings. The minimum Gasteiger partial charge on any atom is -0.504 e. The number of fused-ring (bicyclic) bond motifs is 3. The molecule has 3 heteroatoms. The zero-order chi connectivity index (χ0) is 10.4. The maximum atomic E-state index is 9.79. The van der Waals surface area contributed by atoms with E-state index < -0.39 is 0 Å². The second kappa shape index (κ2) is 3.14. The average Bonchev–Trinajstić information content (AvgIpc) is 2.71. The maximum absolute atomic E-state index is 9.79. The summed E-state index contributed by atoms with van der Waals surface area (Å²) in [4.78, 5) is 0. The molecule has 3 rings (SSSR count). The highest BCUT2D eigenvalue weighted by atomic mass is 16.3. The van der Waals surface area contributed by atoms with Gasteiger partial charge in [0.05, 0.1) is 0 Å². The van der Waals surface area contributed by atoms with Crippen LogP contribution in [0.2, 0.25) is 0 Å². The second-order valence-electron chi connectivity index (χ2n) is 4.50. The number of hydrogen-bond acceptors (Lipinski definition) is 3. The molecule has 0 aromatic heterocycles. The van der Waals surface area contributed by atoms with Gasteiger partial charge in [-0.15, -0.1) is 0 Å². The molecule has 1 saturated heterocycles. The molecular weight excluding hydrogens is 190 g/mol. The van der Waals surface area contributed by atoms with E-state index in [-0.39, 0.29) is 11.5 Å². The van der Waals surface area contributed by atoms with Gasteiger partial charge in [-0.2, -0.15) is 0 Å². The first kappa shape index (κ1) is 9.04. The number of nitrogens with one attached hydrogen (secondary N) is 1. The minimum absolute atomic E-state index is 0.0122. The van der Waals surface area contributed by atoms with Crippen LogP contribution >= 0.6 is 0 Å². The van der Waals surface area contributed by atoms with Gasteiger partial charge >= 0.3 is 0 Å². The number of phenolic OH excluding ortho intramolecular Hbond substituents is 2. The molecule has 0 bridgehead atoms. The van der Waals surface area contributed by atoms with Crippen molar-refractivity contribution in [2.24, 2.45) is 0 Å². The van der Waals surface area contributed by atoms with Gasteiger partial charge in [-0.1, -0.05) is 6.07 Å². The lowest BCUT2D eigenvalue weighted by Crippen LogP contribution is -2.30. The summed E-state index contributed by atoms with van der Waals surface area (Å²) in [6, 6.07) is 4.14. The van der Waals surface area contributed by atoms with Crippen molar-refractivity contribution in [3.63, 3.8) is 0 Å². The summed E-state index contributed by atoms with van der Waals surface area (Å²) in [7, 11) is 0. The molecule has 3 nitrogen and oxygen atoms in total. The Bertz CT molecular complexity index is 403. The van der Waals surface area contributed by atoms with Crippen LogP contribution in [-0.4, -0.2) is 22.8 Å². The summed E-state index contributed by atoms with van der Waals surface area (Å²) < 4.78 is 0. The third-order valence-electron chi connectivity index (χ3n) is 3.75. The summed E-state index contributed by atoms with van der Waals surface area (Å²) in [5.74, 6) is 0.635. The highest BCUT2D eigenvalue weighted by molar-refractivity contribution is 5.52. The van der Waals surface area contributed by atoms with Crippen molar-refractivity contribution in [2.45, 2.75) is 31.2 Å². The molecule has 1 aromatic rings. The van der Waals surface area contributed by atoms with E-state index in [0.717, 1.165) is 31.4 Å². The monoisotopic (exact) mass is 205 g/mol. The van der Waals surface area contributed by atoms with E-state index in [4.69, 9.17) is 0 Å². The van der Waals surface area contributed by atoms with Gasteiger partial charge in [0, 0.05) is 17.5 Å². The summed E-state index contributed by atoms with van der Waals surface area (Å²) >= 11 is 0. The van der Waals surface area contributed by atoms with E-state index in [0.29, 0.717) is 12.0 Å². The van der Waals surface area contributed by atoms with E-state index >= 15 is 0 Å². The largest absolute Gasteiger partial charge is 0.504 e. The Morgan fingerprint density at radius 3 is 2.93 bits per heavy atom. The van der Waals surface area contributed by atoms with Gasteiger partial charge in [0.1, 0.15) is 0 Å². The lowest BCUT2D eigenvalue weighted by atomic mass is 9.79. The maximum Gasteiger partial charge on any atom is 0.160 e. The molecule has 1 heterocycles. The van der Waals surface area contributed by atoms with Crippen molar-refractivity contribution in [1.29, 1.82) is 0 Å². The lowest BCUT2D eigenvalue weighted by Gasteiger charge is -2.28. The SMILES string of the molecule is Oc1ccc2c(c1O)CCC1NCCC21. The van der Waals surface area contributed by atoms with Gasteiger partial charge in [-0.3, -0.25) is 0 Å². The second-order valence-corrected chi connectivity index (χ2v) is 4.50. The molecule has 3 N–H and O–H groups in total. The van der Waals surface area contributed by atoms with Crippen molar-refractivity contribution in [3.05, 3.63) is 23.3 Å². The van der Waals surface area contributed by atoms with E-state index in [1.807, 2.05) is 6.07 Å². The molecule has 2 aliphatic rings. The van der Waals surface area contributed by atoms with Crippen LogP contribution < -0.4 is 5.32 Å². The van der Waals surface area contributed by atoms with Crippen molar-refractivity contribution in [2.75, 3.05) is 6.54 Å². The Morgan fingerprint density at radius 2 is 2.07 bits per heavy atom. The normalized spacial score (nSPS) is 28.5. The van der Waals surface area contributed by atoms with E-state index in [9.17, 15) is 10.2 Å². The molecule has 0 amide bonds. The third kappa shape index (κ3) is 1.23. The first-order valence-electron chi connectivity index (χ1n) is 5.54.